The highest BCUT2D eigenvalue weighted by Crippen LogP contribution is 2.37. The van der Waals surface area contributed by atoms with Crippen molar-refractivity contribution in [1.82, 2.24) is 0 Å². The lowest BCUT2D eigenvalue weighted by atomic mass is 9.84. The van der Waals surface area contributed by atoms with Crippen molar-refractivity contribution in [3.8, 4) is 28.4 Å². The highest BCUT2D eigenvalue weighted by atomic mass is 16.5. The summed E-state index contributed by atoms with van der Waals surface area (Å²) < 4.78 is 35.3. The molecule has 9 heteroatoms. The van der Waals surface area contributed by atoms with Crippen LogP contribution in [-0.2, 0) is 33.7 Å². The van der Waals surface area contributed by atoms with Gasteiger partial charge >= 0.3 is 5.97 Å². The monoisotopic (exact) mass is 822 g/mol. The average Bonchev–Trinajstić information content (AvgIpc) is 3.60. The third-order valence-corrected chi connectivity index (χ3v) is 11.5. The van der Waals surface area contributed by atoms with E-state index in [1.54, 1.807) is 13.3 Å². The minimum Gasteiger partial charge on any atom is -0.493 e. The predicted molar refractivity (Wildman–Crippen MR) is 242 cm³/mol. The zero-order valence-corrected chi connectivity index (χ0v) is 35.8. The van der Waals surface area contributed by atoms with Gasteiger partial charge in [0.2, 0.25) is 0 Å². The number of esters is 1. The summed E-state index contributed by atoms with van der Waals surface area (Å²) in [5.74, 6) is 1.69. The molecule has 0 spiro atoms. The second-order valence-corrected chi connectivity index (χ2v) is 15.9. The molecule has 5 aromatic rings. The maximum absolute atomic E-state index is 12.8. The minimum absolute atomic E-state index is 0.238. The number of aryl methyl sites for hydroxylation is 1. The van der Waals surface area contributed by atoms with Crippen molar-refractivity contribution in [3.05, 3.63) is 148 Å². The molecule has 0 saturated carbocycles. The van der Waals surface area contributed by atoms with Gasteiger partial charge in [0.15, 0.2) is 11.5 Å². The number of hydrogen-bond acceptors (Lipinski definition) is 9. The molecule has 0 atom stereocenters. The number of benzene rings is 5. The van der Waals surface area contributed by atoms with E-state index in [9.17, 15) is 4.79 Å². The Hall–Kier alpha value is -5.77. The third-order valence-electron chi connectivity index (χ3n) is 11.5. The second kappa shape index (κ2) is 21.7. The van der Waals surface area contributed by atoms with Crippen molar-refractivity contribution in [2.45, 2.75) is 71.8 Å². The van der Waals surface area contributed by atoms with Crippen LogP contribution in [0.2, 0.25) is 0 Å². The molecule has 0 unspecified atom stereocenters. The molecule has 5 aromatic carbocycles. The van der Waals surface area contributed by atoms with Crippen molar-refractivity contribution < 1.29 is 33.2 Å². The van der Waals surface area contributed by atoms with E-state index in [1.165, 1.54) is 5.56 Å². The Morgan fingerprint density at radius 2 is 1.36 bits per heavy atom. The molecule has 318 valence electrons. The standard InChI is InChI=1S/C52H58N2O7/c1-4-14-38-19-23-41(24-20-38)51(55)60-30-27-39-21-25-47(42(31-39)33-53-54-50-45-17-10-8-15-43(45)44-16-9-11-18-46(44)50)61-34-40-22-26-48(49(32-40)56-3)59-29-13-7-6-12-28-57-35-52(5-2)36-58-37-52/h8-11,15-26,31-33H,4-7,12-14,27-30,34-37H2,1-3H3/b53-33+. The lowest BCUT2D eigenvalue weighted by molar-refractivity contribution is -0.150. The fourth-order valence-electron chi connectivity index (χ4n) is 7.67. The molecule has 9 nitrogen and oxygen atoms in total. The molecule has 1 saturated heterocycles. The van der Waals surface area contributed by atoms with Crippen LogP contribution in [0.1, 0.15) is 96.1 Å². The van der Waals surface area contributed by atoms with Crippen LogP contribution >= 0.6 is 0 Å². The van der Waals surface area contributed by atoms with Gasteiger partial charge in [-0.1, -0.05) is 99.5 Å². The highest BCUT2D eigenvalue weighted by molar-refractivity contribution is 6.24. The van der Waals surface area contributed by atoms with Crippen molar-refractivity contribution in [1.29, 1.82) is 0 Å². The van der Waals surface area contributed by atoms with Gasteiger partial charge in [-0.15, -0.1) is 5.10 Å². The van der Waals surface area contributed by atoms with Gasteiger partial charge in [0.25, 0.3) is 0 Å². The Labute approximate surface area is 360 Å². The van der Waals surface area contributed by atoms with Crippen molar-refractivity contribution >= 4 is 17.9 Å². The van der Waals surface area contributed by atoms with E-state index in [-0.39, 0.29) is 18.0 Å². The van der Waals surface area contributed by atoms with Crippen molar-refractivity contribution in [2.24, 2.45) is 15.6 Å². The first-order chi connectivity index (χ1) is 30.0. The van der Waals surface area contributed by atoms with Gasteiger partial charge in [-0.25, -0.2) is 4.79 Å². The summed E-state index contributed by atoms with van der Waals surface area (Å²) in [6, 6.07) is 36.0. The minimum atomic E-state index is -0.332. The van der Waals surface area contributed by atoms with E-state index in [1.807, 2.05) is 84.9 Å². The molecule has 1 aliphatic carbocycles. The fourth-order valence-corrected chi connectivity index (χ4v) is 7.67. The summed E-state index contributed by atoms with van der Waals surface area (Å²) in [6.07, 6.45) is 9.60. The van der Waals surface area contributed by atoms with Gasteiger partial charge in [0, 0.05) is 35.1 Å². The molecule has 1 aliphatic heterocycles. The topological polar surface area (TPSA) is 97.2 Å². The molecule has 61 heavy (non-hydrogen) atoms. The molecule has 0 radical (unpaired) electrons. The molecule has 0 aromatic heterocycles. The van der Waals surface area contributed by atoms with Crippen molar-refractivity contribution in [3.63, 3.8) is 0 Å². The van der Waals surface area contributed by atoms with Crippen LogP contribution in [0.15, 0.2) is 119 Å². The maximum Gasteiger partial charge on any atom is 0.338 e. The van der Waals surface area contributed by atoms with E-state index >= 15 is 0 Å². The summed E-state index contributed by atoms with van der Waals surface area (Å²) in [5.41, 5.74) is 9.90. The SMILES string of the molecule is CCCc1ccc(C(=O)OCCc2ccc(OCc3ccc(OCCCCCCOCC4(CC)COC4)c(OC)c3)c(/C=N/N=C3c4ccccc4-c4ccccc43)c2)cc1. The first kappa shape index (κ1) is 43.3. The first-order valence-electron chi connectivity index (χ1n) is 21.8. The summed E-state index contributed by atoms with van der Waals surface area (Å²) in [6.45, 7) is 8.75. The van der Waals surface area contributed by atoms with Gasteiger partial charge < -0.3 is 28.4 Å². The number of ether oxygens (including phenoxy) is 6. The Balaban J connectivity index is 0.972. The molecule has 0 amide bonds. The Bertz CT molecular complexity index is 2230. The van der Waals surface area contributed by atoms with E-state index in [0.29, 0.717) is 42.4 Å². The quantitative estimate of drug-likeness (QED) is 0.0275. The summed E-state index contributed by atoms with van der Waals surface area (Å²) in [5, 5.41) is 9.36. The van der Waals surface area contributed by atoms with Crippen LogP contribution in [-0.4, -0.2) is 64.6 Å². The molecule has 1 fully saturated rings. The predicted octanol–water partition coefficient (Wildman–Crippen LogP) is 10.9. The van der Waals surface area contributed by atoms with Gasteiger partial charge in [-0.2, -0.15) is 5.10 Å². The van der Waals surface area contributed by atoms with Gasteiger partial charge in [0.05, 0.1) is 51.9 Å². The first-order valence-corrected chi connectivity index (χ1v) is 21.8. The summed E-state index contributed by atoms with van der Waals surface area (Å²) in [4.78, 5) is 12.8. The zero-order valence-electron chi connectivity index (χ0n) is 35.8. The largest absolute Gasteiger partial charge is 0.493 e. The van der Waals surface area contributed by atoms with E-state index in [4.69, 9.17) is 33.5 Å². The molecular formula is C52H58N2O7. The number of unbranched alkanes of at least 4 members (excludes halogenated alkanes) is 3. The second-order valence-electron chi connectivity index (χ2n) is 15.9. The van der Waals surface area contributed by atoms with Crippen LogP contribution in [0.4, 0.5) is 0 Å². The number of fused-ring (bicyclic) bond motifs is 3. The number of rotatable bonds is 23. The number of hydrogen-bond donors (Lipinski definition) is 0. The smallest absolute Gasteiger partial charge is 0.338 e. The fraction of sp³-hybridized carbons (Fsp3) is 0.365. The number of carbonyl (C=O) groups is 1. The van der Waals surface area contributed by atoms with Crippen LogP contribution < -0.4 is 14.2 Å². The van der Waals surface area contributed by atoms with Crippen LogP contribution in [0, 0.1) is 5.41 Å². The maximum atomic E-state index is 12.8. The van der Waals surface area contributed by atoms with Crippen LogP contribution in [0.3, 0.4) is 0 Å². The number of nitrogens with zero attached hydrogens (tertiary/aromatic N) is 2. The lowest BCUT2D eigenvalue weighted by Gasteiger charge is -2.40. The number of carbonyl (C=O) groups excluding carboxylic acids is 1. The lowest BCUT2D eigenvalue weighted by Crippen LogP contribution is -2.45. The molecule has 0 N–H and O–H groups in total. The highest BCUT2D eigenvalue weighted by Gasteiger charge is 2.36. The summed E-state index contributed by atoms with van der Waals surface area (Å²) in [7, 11) is 1.65. The molecule has 7 rings (SSSR count). The molecule has 1 heterocycles. The van der Waals surface area contributed by atoms with Gasteiger partial charge in [-0.3, -0.25) is 0 Å². The molecule has 2 aliphatic rings. The van der Waals surface area contributed by atoms with Crippen molar-refractivity contribution in [2.75, 3.05) is 46.8 Å². The van der Waals surface area contributed by atoms with E-state index in [0.717, 1.165) is 116 Å². The number of methoxy groups -OCH3 is 1. The summed E-state index contributed by atoms with van der Waals surface area (Å²) >= 11 is 0. The van der Waals surface area contributed by atoms with E-state index in [2.05, 4.69) is 43.2 Å². The molecule has 0 bridgehead atoms. The Morgan fingerprint density at radius 3 is 2.03 bits per heavy atom. The van der Waals surface area contributed by atoms with Crippen LogP contribution in [0.25, 0.3) is 11.1 Å². The Morgan fingerprint density at radius 1 is 0.689 bits per heavy atom. The van der Waals surface area contributed by atoms with Gasteiger partial charge in [-0.05, 0) is 96.3 Å². The molecular weight excluding hydrogens is 765 g/mol. The Kier molecular flexibility index (Phi) is 15.4. The van der Waals surface area contributed by atoms with E-state index < -0.39 is 0 Å². The van der Waals surface area contributed by atoms with Crippen LogP contribution in [0.5, 0.6) is 17.2 Å². The third kappa shape index (κ3) is 11.3. The zero-order chi connectivity index (χ0) is 42.3. The van der Waals surface area contributed by atoms with Gasteiger partial charge in [0.1, 0.15) is 18.1 Å². The normalized spacial score (nSPS) is 13.7. The average molecular weight is 823 g/mol.